The summed E-state index contributed by atoms with van der Waals surface area (Å²) in [5.41, 5.74) is 1.17. The van der Waals surface area contributed by atoms with E-state index in [0.29, 0.717) is 22.0 Å². The average Bonchev–Trinajstić information content (AvgIpc) is 2.36. The summed E-state index contributed by atoms with van der Waals surface area (Å²) in [4.78, 5) is 0. The predicted molar refractivity (Wildman–Crippen MR) is 74.0 cm³/mol. The van der Waals surface area contributed by atoms with Gasteiger partial charge >= 0.3 is 0 Å². The molecular formula is C15H13BrF2O. The Bertz CT molecular complexity index is 552. The summed E-state index contributed by atoms with van der Waals surface area (Å²) in [5, 5.41) is 9.43. The average molecular weight is 327 g/mol. The quantitative estimate of drug-likeness (QED) is 0.898. The van der Waals surface area contributed by atoms with Crippen molar-refractivity contribution in [3.63, 3.8) is 0 Å². The lowest BCUT2D eigenvalue weighted by molar-refractivity contribution is 0.261. The highest BCUT2D eigenvalue weighted by Gasteiger charge is 2.15. The van der Waals surface area contributed by atoms with Crippen molar-refractivity contribution in [3.8, 4) is 0 Å². The van der Waals surface area contributed by atoms with Gasteiger partial charge in [0.2, 0.25) is 0 Å². The fourth-order valence-electron chi connectivity index (χ4n) is 2.09. The van der Waals surface area contributed by atoms with Gasteiger partial charge in [-0.1, -0.05) is 34.1 Å². The van der Waals surface area contributed by atoms with Crippen molar-refractivity contribution in [2.24, 2.45) is 0 Å². The molecule has 0 saturated heterocycles. The van der Waals surface area contributed by atoms with Gasteiger partial charge in [-0.05, 0) is 41.8 Å². The van der Waals surface area contributed by atoms with E-state index >= 15 is 0 Å². The van der Waals surface area contributed by atoms with Crippen molar-refractivity contribution in [1.82, 2.24) is 0 Å². The molecule has 0 aliphatic carbocycles. The van der Waals surface area contributed by atoms with Crippen molar-refractivity contribution in [1.29, 1.82) is 0 Å². The molecule has 4 heteroatoms. The molecule has 1 atom stereocenters. The first-order valence-electron chi connectivity index (χ1n) is 5.90. The summed E-state index contributed by atoms with van der Waals surface area (Å²) in [6.07, 6.45) is 0.383. The van der Waals surface area contributed by atoms with Crippen LogP contribution in [0.4, 0.5) is 8.78 Å². The van der Waals surface area contributed by atoms with E-state index in [9.17, 15) is 13.9 Å². The molecule has 0 radical (unpaired) electrons. The van der Waals surface area contributed by atoms with E-state index in [2.05, 4.69) is 15.9 Å². The number of rotatable bonds is 4. The molecule has 19 heavy (non-hydrogen) atoms. The molecule has 0 fully saturated rings. The number of hydrogen-bond donors (Lipinski definition) is 1. The third-order valence-electron chi connectivity index (χ3n) is 2.97. The van der Waals surface area contributed by atoms with Crippen LogP contribution >= 0.6 is 15.9 Å². The highest BCUT2D eigenvalue weighted by molar-refractivity contribution is 9.10. The summed E-state index contributed by atoms with van der Waals surface area (Å²) < 4.78 is 27.6. The van der Waals surface area contributed by atoms with Crippen LogP contribution in [0.15, 0.2) is 46.9 Å². The first kappa shape index (κ1) is 14.2. The third-order valence-corrected chi connectivity index (χ3v) is 3.43. The Morgan fingerprint density at radius 3 is 2.47 bits per heavy atom. The number of benzene rings is 2. The Morgan fingerprint density at radius 1 is 1.11 bits per heavy atom. The van der Waals surface area contributed by atoms with Gasteiger partial charge < -0.3 is 5.11 Å². The Labute approximate surface area is 119 Å². The summed E-state index contributed by atoms with van der Waals surface area (Å²) >= 11 is 3.22. The number of aliphatic hydroxyl groups excluding tert-OH is 1. The Kier molecular flexibility index (Phi) is 4.66. The number of aliphatic hydroxyl groups is 1. The van der Waals surface area contributed by atoms with Crippen LogP contribution in [-0.2, 0) is 6.42 Å². The molecule has 0 spiro atoms. The monoisotopic (exact) mass is 326 g/mol. The fourth-order valence-corrected chi connectivity index (χ4v) is 2.61. The van der Waals surface area contributed by atoms with Gasteiger partial charge in [0.1, 0.15) is 11.6 Å². The van der Waals surface area contributed by atoms with Gasteiger partial charge in [0.05, 0.1) is 6.61 Å². The minimum absolute atomic E-state index is 0.185. The van der Waals surface area contributed by atoms with Crippen molar-refractivity contribution < 1.29 is 13.9 Å². The van der Waals surface area contributed by atoms with Crippen LogP contribution in [0, 0.1) is 11.6 Å². The molecule has 0 aromatic heterocycles. The van der Waals surface area contributed by atoms with Gasteiger partial charge in [0.15, 0.2) is 0 Å². The van der Waals surface area contributed by atoms with E-state index < -0.39 is 0 Å². The predicted octanol–water partition coefficient (Wildman–Crippen LogP) is 4.05. The Hall–Kier alpha value is -1.26. The molecule has 1 unspecified atom stereocenters. The second kappa shape index (κ2) is 6.26. The topological polar surface area (TPSA) is 20.2 Å². The number of hydrogen-bond acceptors (Lipinski definition) is 1. The lowest BCUT2D eigenvalue weighted by Gasteiger charge is -2.15. The summed E-state index contributed by atoms with van der Waals surface area (Å²) in [5.74, 6) is -1.08. The zero-order chi connectivity index (χ0) is 13.8. The van der Waals surface area contributed by atoms with Crippen LogP contribution in [-0.4, -0.2) is 11.7 Å². The highest BCUT2D eigenvalue weighted by atomic mass is 79.9. The van der Waals surface area contributed by atoms with Crippen molar-refractivity contribution >= 4 is 15.9 Å². The van der Waals surface area contributed by atoms with Gasteiger partial charge in [0.25, 0.3) is 0 Å². The van der Waals surface area contributed by atoms with Crippen LogP contribution in [0.5, 0.6) is 0 Å². The second-order valence-electron chi connectivity index (χ2n) is 4.38. The molecule has 0 bridgehead atoms. The molecule has 0 saturated carbocycles. The first-order valence-corrected chi connectivity index (χ1v) is 6.69. The molecule has 0 amide bonds. The maximum Gasteiger partial charge on any atom is 0.126 e. The largest absolute Gasteiger partial charge is 0.396 e. The molecule has 0 aliphatic heterocycles. The van der Waals surface area contributed by atoms with Gasteiger partial charge in [0, 0.05) is 10.4 Å². The maximum atomic E-state index is 13.7. The fraction of sp³-hybridized carbons (Fsp3) is 0.200. The van der Waals surface area contributed by atoms with E-state index in [-0.39, 0.29) is 24.2 Å². The lowest BCUT2D eigenvalue weighted by atomic mass is 9.92. The van der Waals surface area contributed by atoms with Crippen molar-refractivity contribution in [2.45, 2.75) is 12.3 Å². The molecule has 1 N–H and O–H groups in total. The van der Waals surface area contributed by atoms with E-state index in [4.69, 9.17) is 0 Å². The van der Waals surface area contributed by atoms with Gasteiger partial charge in [-0.25, -0.2) is 8.78 Å². The molecule has 0 heterocycles. The van der Waals surface area contributed by atoms with Crippen LogP contribution in [0.3, 0.4) is 0 Å². The molecule has 0 aliphatic rings. The molecule has 1 nitrogen and oxygen atoms in total. The SMILES string of the molecule is OCC(Cc1cc(F)cc(Br)c1)c1ccccc1F. The van der Waals surface area contributed by atoms with Crippen LogP contribution in [0.25, 0.3) is 0 Å². The third kappa shape index (κ3) is 3.61. The summed E-state index contributed by atoms with van der Waals surface area (Å²) in [6, 6.07) is 10.9. The summed E-state index contributed by atoms with van der Waals surface area (Å²) in [7, 11) is 0. The van der Waals surface area contributed by atoms with Crippen molar-refractivity contribution in [3.05, 3.63) is 69.7 Å². The van der Waals surface area contributed by atoms with Gasteiger partial charge in [-0.3, -0.25) is 0 Å². The van der Waals surface area contributed by atoms with E-state index in [1.165, 1.54) is 18.2 Å². The number of halogens is 3. The molecule has 2 aromatic rings. The Morgan fingerprint density at radius 2 is 1.84 bits per heavy atom. The van der Waals surface area contributed by atoms with E-state index in [0.717, 1.165) is 0 Å². The minimum atomic E-state index is -0.380. The smallest absolute Gasteiger partial charge is 0.126 e. The molecule has 100 valence electrons. The molecular weight excluding hydrogens is 314 g/mol. The molecule has 2 rings (SSSR count). The van der Waals surface area contributed by atoms with E-state index in [1.807, 2.05) is 0 Å². The van der Waals surface area contributed by atoms with Gasteiger partial charge in [-0.15, -0.1) is 0 Å². The maximum absolute atomic E-state index is 13.7. The first-order chi connectivity index (χ1) is 9.10. The van der Waals surface area contributed by atoms with E-state index in [1.54, 1.807) is 24.3 Å². The molecule has 2 aromatic carbocycles. The van der Waals surface area contributed by atoms with Crippen molar-refractivity contribution in [2.75, 3.05) is 6.61 Å². The standard InChI is InChI=1S/C15H13BrF2O/c16-12-6-10(7-13(17)8-12)5-11(9-19)14-3-1-2-4-15(14)18/h1-4,6-8,11,19H,5,9H2. The zero-order valence-electron chi connectivity index (χ0n) is 10.1. The normalized spacial score (nSPS) is 12.4. The zero-order valence-corrected chi connectivity index (χ0v) is 11.7. The minimum Gasteiger partial charge on any atom is -0.396 e. The van der Waals surface area contributed by atoms with Gasteiger partial charge in [-0.2, -0.15) is 0 Å². The Balaban J connectivity index is 2.26. The second-order valence-corrected chi connectivity index (χ2v) is 5.30. The summed E-state index contributed by atoms with van der Waals surface area (Å²) in [6.45, 7) is -0.185. The highest BCUT2D eigenvalue weighted by Crippen LogP contribution is 2.25. The van der Waals surface area contributed by atoms with Crippen LogP contribution in [0.2, 0.25) is 0 Å². The van der Waals surface area contributed by atoms with Crippen LogP contribution in [0.1, 0.15) is 17.0 Å². The lowest BCUT2D eigenvalue weighted by Crippen LogP contribution is -2.10. The van der Waals surface area contributed by atoms with Crippen LogP contribution < -0.4 is 0 Å².